The van der Waals surface area contributed by atoms with E-state index in [1.165, 1.54) is 0 Å². The zero-order valence-electron chi connectivity index (χ0n) is 19.8. The Bertz CT molecular complexity index is 311. The maximum atomic E-state index is 6.40. The van der Waals surface area contributed by atoms with Crippen LogP contribution in [0.1, 0.15) is 99.3 Å². The first-order valence-electron chi connectivity index (χ1n) is 12.1. The minimum absolute atomic E-state index is 0.0107. The summed E-state index contributed by atoms with van der Waals surface area (Å²) in [6, 6.07) is 0. The Hall–Kier alpha value is -0.160. The van der Waals surface area contributed by atoms with Gasteiger partial charge in [0.15, 0.2) is 0 Å². The summed E-state index contributed by atoms with van der Waals surface area (Å²) in [6.07, 6.45) is 9.94. The molecule has 0 rings (SSSR count). The first-order valence-corrected chi connectivity index (χ1v) is 12.1. The molecular weight excluding hydrogens is 352 g/mol. The molecule has 0 aromatic carbocycles. The lowest BCUT2D eigenvalue weighted by atomic mass is 9.95. The Kier molecular flexibility index (Phi) is 20.0. The number of unbranched alkanes of at least 4 members (excludes halogenated alkanes) is 4. The first kappa shape index (κ1) is 27.8. The van der Waals surface area contributed by atoms with E-state index in [1.54, 1.807) is 0 Å². The van der Waals surface area contributed by atoms with Crippen molar-refractivity contribution >= 4 is 0 Å². The van der Waals surface area contributed by atoms with Crippen molar-refractivity contribution in [2.45, 2.75) is 118 Å². The highest BCUT2D eigenvalue weighted by molar-refractivity contribution is 4.83. The molecule has 0 spiro atoms. The second-order valence-corrected chi connectivity index (χ2v) is 7.95. The van der Waals surface area contributed by atoms with Crippen molar-refractivity contribution in [3.63, 3.8) is 0 Å². The molecule has 0 aliphatic rings. The van der Waals surface area contributed by atoms with Gasteiger partial charge in [-0.1, -0.05) is 67.2 Å². The largest absolute Gasteiger partial charge is 0.381 e. The van der Waals surface area contributed by atoms with Crippen molar-refractivity contribution in [1.82, 2.24) is 0 Å². The fraction of sp³-hybridized carbons (Fsp3) is 1.00. The zero-order valence-corrected chi connectivity index (χ0v) is 19.8. The molecule has 0 aromatic heterocycles. The standard InChI is InChI=1S/C24H50O4/c1-7-12-16-25-20-21(6)23(27-18-14-9-3)24(28-19-15-10-4)22(11-5)26-17-13-8-2/h21-24H,7-20H2,1-6H3/t21-,22+,23-,24-/m1/s1. The topological polar surface area (TPSA) is 36.9 Å². The summed E-state index contributed by atoms with van der Waals surface area (Å²) in [5, 5.41) is 0. The molecule has 28 heavy (non-hydrogen) atoms. The van der Waals surface area contributed by atoms with E-state index in [0.717, 1.165) is 90.8 Å². The van der Waals surface area contributed by atoms with Gasteiger partial charge in [0.2, 0.25) is 0 Å². The monoisotopic (exact) mass is 402 g/mol. The van der Waals surface area contributed by atoms with E-state index in [-0.39, 0.29) is 24.2 Å². The van der Waals surface area contributed by atoms with Gasteiger partial charge in [-0.15, -0.1) is 0 Å². The predicted octanol–water partition coefficient (Wildman–Crippen LogP) is 6.41. The lowest BCUT2D eigenvalue weighted by molar-refractivity contribution is -0.161. The quantitative estimate of drug-likeness (QED) is 0.208. The molecule has 0 unspecified atom stereocenters. The molecule has 4 nitrogen and oxygen atoms in total. The summed E-state index contributed by atoms with van der Waals surface area (Å²) < 4.78 is 25.0. The predicted molar refractivity (Wildman–Crippen MR) is 119 cm³/mol. The van der Waals surface area contributed by atoms with E-state index in [4.69, 9.17) is 18.9 Å². The molecule has 170 valence electrons. The van der Waals surface area contributed by atoms with Crippen LogP contribution in [0.25, 0.3) is 0 Å². The molecule has 0 aliphatic heterocycles. The van der Waals surface area contributed by atoms with E-state index in [0.29, 0.717) is 0 Å². The van der Waals surface area contributed by atoms with Gasteiger partial charge in [-0.3, -0.25) is 0 Å². The second-order valence-electron chi connectivity index (χ2n) is 7.95. The van der Waals surface area contributed by atoms with E-state index < -0.39 is 0 Å². The summed E-state index contributed by atoms with van der Waals surface area (Å²) in [5.41, 5.74) is 0. The summed E-state index contributed by atoms with van der Waals surface area (Å²) >= 11 is 0. The van der Waals surface area contributed by atoms with Gasteiger partial charge in [0.1, 0.15) is 6.10 Å². The van der Waals surface area contributed by atoms with Gasteiger partial charge in [-0.25, -0.2) is 0 Å². The minimum Gasteiger partial charge on any atom is -0.381 e. The van der Waals surface area contributed by atoms with Crippen LogP contribution in [0.3, 0.4) is 0 Å². The van der Waals surface area contributed by atoms with Gasteiger partial charge in [0, 0.05) is 32.3 Å². The molecule has 0 heterocycles. The van der Waals surface area contributed by atoms with Crippen LogP contribution in [-0.2, 0) is 18.9 Å². The Balaban J connectivity index is 5.14. The smallest absolute Gasteiger partial charge is 0.110 e. The fourth-order valence-electron chi connectivity index (χ4n) is 3.16. The van der Waals surface area contributed by atoms with Crippen molar-refractivity contribution in [3.8, 4) is 0 Å². The molecule has 0 aliphatic carbocycles. The van der Waals surface area contributed by atoms with Crippen LogP contribution < -0.4 is 0 Å². The summed E-state index contributed by atoms with van der Waals surface area (Å²) in [5.74, 6) is 0.282. The zero-order chi connectivity index (χ0) is 21.0. The average molecular weight is 403 g/mol. The summed E-state index contributed by atoms with van der Waals surface area (Å²) in [4.78, 5) is 0. The normalized spacial score (nSPS) is 16.1. The number of hydrogen-bond acceptors (Lipinski definition) is 4. The third kappa shape index (κ3) is 13.1. The highest BCUT2D eigenvalue weighted by Crippen LogP contribution is 2.23. The number of rotatable bonds is 21. The van der Waals surface area contributed by atoms with E-state index in [1.807, 2.05) is 0 Å². The lowest BCUT2D eigenvalue weighted by Gasteiger charge is -2.36. The molecule has 4 heteroatoms. The third-order valence-electron chi connectivity index (χ3n) is 5.12. The Morgan fingerprint density at radius 2 is 1.04 bits per heavy atom. The lowest BCUT2D eigenvalue weighted by Crippen LogP contribution is -2.47. The van der Waals surface area contributed by atoms with Crippen LogP contribution >= 0.6 is 0 Å². The highest BCUT2D eigenvalue weighted by Gasteiger charge is 2.34. The summed E-state index contributed by atoms with van der Waals surface area (Å²) in [7, 11) is 0. The third-order valence-corrected chi connectivity index (χ3v) is 5.12. The van der Waals surface area contributed by atoms with Crippen LogP contribution in [0.5, 0.6) is 0 Å². The molecule has 0 saturated carbocycles. The molecule has 0 fully saturated rings. The van der Waals surface area contributed by atoms with Crippen LogP contribution in [0.2, 0.25) is 0 Å². The maximum absolute atomic E-state index is 6.40. The average Bonchev–Trinajstić information content (AvgIpc) is 2.70. The number of ether oxygens (including phenoxy) is 4. The molecule has 0 aromatic rings. The number of hydrogen-bond donors (Lipinski definition) is 0. The Labute approximate surface area is 176 Å². The van der Waals surface area contributed by atoms with Crippen molar-refractivity contribution in [3.05, 3.63) is 0 Å². The molecule has 0 radical (unpaired) electrons. The van der Waals surface area contributed by atoms with E-state index >= 15 is 0 Å². The van der Waals surface area contributed by atoms with Gasteiger partial charge < -0.3 is 18.9 Å². The molecule has 0 N–H and O–H groups in total. The van der Waals surface area contributed by atoms with E-state index in [9.17, 15) is 0 Å². The molecule has 0 bridgehead atoms. The molecule has 0 saturated heterocycles. The van der Waals surface area contributed by atoms with E-state index in [2.05, 4.69) is 41.5 Å². The second kappa shape index (κ2) is 20.1. The first-order chi connectivity index (χ1) is 13.7. The van der Waals surface area contributed by atoms with Crippen molar-refractivity contribution in [1.29, 1.82) is 0 Å². The molecule has 4 atom stereocenters. The van der Waals surface area contributed by atoms with Gasteiger partial charge in [-0.2, -0.15) is 0 Å². The Morgan fingerprint density at radius 3 is 1.54 bits per heavy atom. The van der Waals surface area contributed by atoms with Gasteiger partial charge in [-0.05, 0) is 32.1 Å². The van der Waals surface area contributed by atoms with Crippen LogP contribution in [-0.4, -0.2) is 51.3 Å². The van der Waals surface area contributed by atoms with Gasteiger partial charge >= 0.3 is 0 Å². The van der Waals surface area contributed by atoms with Crippen molar-refractivity contribution in [2.75, 3.05) is 33.0 Å². The molecular formula is C24H50O4. The van der Waals surface area contributed by atoms with Crippen LogP contribution in [0.15, 0.2) is 0 Å². The van der Waals surface area contributed by atoms with Crippen molar-refractivity contribution < 1.29 is 18.9 Å². The van der Waals surface area contributed by atoms with Gasteiger partial charge in [0.05, 0.1) is 18.8 Å². The fourth-order valence-corrected chi connectivity index (χ4v) is 3.16. The maximum Gasteiger partial charge on any atom is 0.110 e. The van der Waals surface area contributed by atoms with Crippen LogP contribution in [0.4, 0.5) is 0 Å². The SMILES string of the molecule is CCCCOC[C@@H](C)[C@@H](OCCCC)[C@H](OCCCC)[C@H](CC)OCCCC. The Morgan fingerprint density at radius 1 is 0.571 bits per heavy atom. The van der Waals surface area contributed by atoms with Crippen LogP contribution in [0, 0.1) is 5.92 Å². The van der Waals surface area contributed by atoms with Gasteiger partial charge in [0.25, 0.3) is 0 Å². The van der Waals surface area contributed by atoms with Crippen molar-refractivity contribution in [2.24, 2.45) is 5.92 Å². The minimum atomic E-state index is -0.0324. The highest BCUT2D eigenvalue weighted by atomic mass is 16.6. The molecule has 0 amide bonds. The summed E-state index contributed by atoms with van der Waals surface area (Å²) in [6.45, 7) is 17.1.